The van der Waals surface area contributed by atoms with Crippen LogP contribution in [0.5, 0.6) is 0 Å². The summed E-state index contributed by atoms with van der Waals surface area (Å²) >= 11 is 1.13. The number of benzene rings is 2. The fraction of sp³-hybridized carbons (Fsp3) is 0.227. The third-order valence-electron chi connectivity index (χ3n) is 4.54. The summed E-state index contributed by atoms with van der Waals surface area (Å²) in [6.07, 6.45) is -0.0214. The lowest BCUT2D eigenvalue weighted by Crippen LogP contribution is -2.43. The zero-order valence-corrected chi connectivity index (χ0v) is 18.2. The predicted octanol–water partition coefficient (Wildman–Crippen LogP) is 3.15. The quantitative estimate of drug-likeness (QED) is 0.641. The number of ether oxygens (including phenoxy) is 1. The van der Waals surface area contributed by atoms with E-state index in [1.54, 1.807) is 44.3 Å². The van der Waals surface area contributed by atoms with E-state index < -0.39 is 23.1 Å². The maximum absolute atomic E-state index is 12.7. The summed E-state index contributed by atoms with van der Waals surface area (Å²) in [6.45, 7) is 2.00. The topological polar surface area (TPSA) is 125 Å². The van der Waals surface area contributed by atoms with Crippen molar-refractivity contribution in [1.29, 1.82) is 0 Å². The van der Waals surface area contributed by atoms with Crippen LogP contribution in [0.25, 0.3) is 0 Å². The van der Waals surface area contributed by atoms with E-state index in [9.17, 15) is 19.2 Å². The Morgan fingerprint density at radius 2 is 1.91 bits per heavy atom. The molecule has 2 aromatic carbocycles. The predicted molar refractivity (Wildman–Crippen MR) is 120 cm³/mol. The van der Waals surface area contributed by atoms with E-state index in [-0.39, 0.29) is 24.5 Å². The molecule has 1 unspecified atom stereocenters. The highest BCUT2D eigenvalue weighted by atomic mass is 32.2. The Labute approximate surface area is 188 Å². The minimum Gasteiger partial charge on any atom is -0.478 e. The highest BCUT2D eigenvalue weighted by Crippen LogP contribution is 2.29. The van der Waals surface area contributed by atoms with Crippen molar-refractivity contribution in [3.8, 4) is 0 Å². The molecule has 166 valence electrons. The summed E-state index contributed by atoms with van der Waals surface area (Å²) in [5.41, 5.74) is 1.27. The third-order valence-corrected chi connectivity index (χ3v) is 5.78. The van der Waals surface area contributed by atoms with Gasteiger partial charge in [0.15, 0.2) is 5.17 Å². The van der Waals surface area contributed by atoms with Crippen molar-refractivity contribution in [3.05, 3.63) is 59.7 Å². The van der Waals surface area contributed by atoms with Gasteiger partial charge < -0.3 is 15.2 Å². The molecule has 2 N–H and O–H groups in total. The van der Waals surface area contributed by atoms with E-state index in [0.717, 1.165) is 11.8 Å². The van der Waals surface area contributed by atoms with Crippen LogP contribution in [0.4, 0.5) is 11.4 Å². The standard InChI is InChI=1S/C22H21N3O6S/c1-3-31-21(30)13-7-9-15(10-8-13)24-22-25(2)18(26)12-17(32-22)19(27)23-16-6-4-5-14(11-16)20(28)29/h4-11,17H,3,12H2,1-2H3,(H,23,27)(H,28,29). The maximum Gasteiger partial charge on any atom is 0.338 e. The fourth-order valence-electron chi connectivity index (χ4n) is 2.85. The molecule has 3 rings (SSSR count). The molecule has 9 nitrogen and oxygen atoms in total. The van der Waals surface area contributed by atoms with Crippen molar-refractivity contribution in [2.24, 2.45) is 4.99 Å². The van der Waals surface area contributed by atoms with Crippen LogP contribution in [0, 0.1) is 0 Å². The number of hydrogen-bond donors (Lipinski definition) is 2. The van der Waals surface area contributed by atoms with Crippen molar-refractivity contribution < 1.29 is 29.0 Å². The number of esters is 1. The van der Waals surface area contributed by atoms with Crippen LogP contribution in [0.15, 0.2) is 53.5 Å². The molecular weight excluding hydrogens is 434 g/mol. The van der Waals surface area contributed by atoms with E-state index in [1.165, 1.54) is 23.1 Å². The molecule has 0 aromatic heterocycles. The Hall–Kier alpha value is -3.66. The van der Waals surface area contributed by atoms with Gasteiger partial charge >= 0.3 is 11.9 Å². The fourth-order valence-corrected chi connectivity index (χ4v) is 3.91. The molecule has 0 radical (unpaired) electrons. The number of aliphatic imine (C=N–C) groups is 1. The SMILES string of the molecule is CCOC(=O)c1ccc(N=C2SC(C(=O)Nc3cccc(C(=O)O)c3)CC(=O)N2C)cc1. The number of carboxylic acid groups (broad SMARTS) is 1. The number of amidine groups is 1. The summed E-state index contributed by atoms with van der Waals surface area (Å²) in [6, 6.07) is 12.3. The first-order chi connectivity index (χ1) is 15.3. The number of aromatic carboxylic acids is 1. The average Bonchev–Trinajstić information content (AvgIpc) is 2.77. The number of carbonyl (C=O) groups is 4. The molecule has 1 aliphatic rings. The highest BCUT2D eigenvalue weighted by molar-refractivity contribution is 8.15. The molecule has 2 amide bonds. The molecule has 0 saturated carbocycles. The highest BCUT2D eigenvalue weighted by Gasteiger charge is 2.34. The molecule has 1 atom stereocenters. The molecule has 10 heteroatoms. The second kappa shape index (κ2) is 10.1. The smallest absolute Gasteiger partial charge is 0.338 e. The largest absolute Gasteiger partial charge is 0.478 e. The first kappa shape index (κ1) is 23.0. The Kier molecular flexibility index (Phi) is 7.26. The van der Waals surface area contributed by atoms with Crippen LogP contribution in [0.2, 0.25) is 0 Å². The van der Waals surface area contributed by atoms with Crippen LogP contribution in [0.3, 0.4) is 0 Å². The molecule has 2 aromatic rings. The van der Waals surface area contributed by atoms with Crippen LogP contribution in [0.1, 0.15) is 34.1 Å². The summed E-state index contributed by atoms with van der Waals surface area (Å²) in [4.78, 5) is 53.9. The van der Waals surface area contributed by atoms with Crippen molar-refractivity contribution >= 4 is 52.1 Å². The number of thioether (sulfide) groups is 1. The lowest BCUT2D eigenvalue weighted by molar-refractivity contribution is -0.128. The lowest BCUT2D eigenvalue weighted by Gasteiger charge is -2.28. The van der Waals surface area contributed by atoms with Crippen LogP contribution in [-0.2, 0) is 14.3 Å². The van der Waals surface area contributed by atoms with Gasteiger partial charge in [0.05, 0.1) is 23.4 Å². The minimum atomic E-state index is -1.10. The molecule has 1 aliphatic heterocycles. The molecule has 32 heavy (non-hydrogen) atoms. The summed E-state index contributed by atoms with van der Waals surface area (Å²) < 4.78 is 4.95. The van der Waals surface area contributed by atoms with Gasteiger partial charge in [0.2, 0.25) is 11.8 Å². The first-order valence-corrected chi connectivity index (χ1v) is 10.6. The molecule has 0 spiro atoms. The van der Waals surface area contributed by atoms with Gasteiger partial charge in [-0.3, -0.25) is 14.5 Å². The van der Waals surface area contributed by atoms with Crippen molar-refractivity contribution in [2.75, 3.05) is 19.0 Å². The maximum atomic E-state index is 12.7. The van der Waals surface area contributed by atoms with Crippen LogP contribution >= 0.6 is 11.8 Å². The molecule has 1 saturated heterocycles. The number of hydrogen-bond acceptors (Lipinski definition) is 7. The first-order valence-electron chi connectivity index (χ1n) is 9.71. The van der Waals surface area contributed by atoms with Gasteiger partial charge in [-0.05, 0) is 49.4 Å². The summed E-state index contributed by atoms with van der Waals surface area (Å²) in [5, 5.41) is 11.4. The Balaban J connectivity index is 1.75. The number of amides is 2. The third kappa shape index (κ3) is 5.52. The second-order valence-corrected chi connectivity index (χ2v) is 7.97. The van der Waals surface area contributed by atoms with E-state index in [1.807, 2.05) is 0 Å². The average molecular weight is 455 g/mol. The number of nitrogens with one attached hydrogen (secondary N) is 1. The molecule has 1 heterocycles. The molecule has 0 bridgehead atoms. The van der Waals surface area contributed by atoms with Gasteiger partial charge in [0.25, 0.3) is 0 Å². The van der Waals surface area contributed by atoms with E-state index in [4.69, 9.17) is 9.84 Å². The van der Waals surface area contributed by atoms with Crippen molar-refractivity contribution in [1.82, 2.24) is 4.90 Å². The molecular formula is C22H21N3O6S. The number of nitrogens with zero attached hydrogens (tertiary/aromatic N) is 2. The zero-order chi connectivity index (χ0) is 23.3. The van der Waals surface area contributed by atoms with E-state index in [0.29, 0.717) is 22.1 Å². The Morgan fingerprint density at radius 3 is 2.56 bits per heavy atom. The zero-order valence-electron chi connectivity index (χ0n) is 17.4. The van der Waals surface area contributed by atoms with Crippen LogP contribution < -0.4 is 5.32 Å². The summed E-state index contributed by atoms with van der Waals surface area (Å²) in [5.74, 6) is -2.24. The van der Waals surface area contributed by atoms with Crippen LogP contribution in [-0.4, -0.2) is 57.8 Å². The van der Waals surface area contributed by atoms with Gasteiger partial charge in [-0.25, -0.2) is 14.6 Å². The Morgan fingerprint density at radius 1 is 1.19 bits per heavy atom. The monoisotopic (exact) mass is 455 g/mol. The van der Waals surface area contributed by atoms with E-state index >= 15 is 0 Å². The molecule has 0 aliphatic carbocycles. The number of carbonyl (C=O) groups excluding carboxylic acids is 3. The van der Waals surface area contributed by atoms with Gasteiger partial charge in [-0.1, -0.05) is 17.8 Å². The number of anilines is 1. The van der Waals surface area contributed by atoms with Crippen molar-refractivity contribution in [3.63, 3.8) is 0 Å². The van der Waals surface area contributed by atoms with Gasteiger partial charge in [0, 0.05) is 19.2 Å². The van der Waals surface area contributed by atoms with Gasteiger partial charge in [-0.15, -0.1) is 0 Å². The second-order valence-electron chi connectivity index (χ2n) is 6.80. The number of carboxylic acids is 1. The summed E-state index contributed by atoms with van der Waals surface area (Å²) in [7, 11) is 1.58. The van der Waals surface area contributed by atoms with Gasteiger partial charge in [-0.2, -0.15) is 0 Å². The normalized spacial score (nSPS) is 17.2. The van der Waals surface area contributed by atoms with Gasteiger partial charge in [0.1, 0.15) is 5.25 Å². The molecule has 1 fully saturated rings. The van der Waals surface area contributed by atoms with Crippen molar-refractivity contribution in [2.45, 2.75) is 18.6 Å². The van der Waals surface area contributed by atoms with E-state index in [2.05, 4.69) is 10.3 Å². The Bertz CT molecular complexity index is 1080. The minimum absolute atomic E-state index is 0.0214. The lowest BCUT2D eigenvalue weighted by atomic mass is 10.2. The number of rotatable bonds is 6.